The highest BCUT2D eigenvalue weighted by atomic mass is 16.1. The fraction of sp³-hybridized carbons (Fsp3) is 0.429. The summed E-state index contributed by atoms with van der Waals surface area (Å²) in [6.45, 7) is 1.97. The molecule has 0 saturated heterocycles. The van der Waals surface area contributed by atoms with Gasteiger partial charge in [-0.1, -0.05) is 0 Å². The second kappa shape index (κ2) is 4.35. The molecule has 2 aromatic rings. The minimum Gasteiger partial charge on any atom is -0.331 e. The molecule has 19 heavy (non-hydrogen) atoms. The number of anilines is 1. The third kappa shape index (κ3) is 2.10. The molecule has 3 rings (SSSR count). The van der Waals surface area contributed by atoms with Crippen molar-refractivity contribution in [1.82, 2.24) is 9.55 Å². The van der Waals surface area contributed by atoms with Crippen LogP contribution in [-0.4, -0.2) is 21.5 Å². The summed E-state index contributed by atoms with van der Waals surface area (Å²) in [6, 6.07) is 6.01. The lowest BCUT2D eigenvalue weighted by molar-refractivity contribution is -0.122. The number of imidazole rings is 1. The molecule has 3 N–H and O–H groups in total. The number of aryl methyl sites for hydroxylation is 2. The third-order valence-corrected chi connectivity index (χ3v) is 3.92. The number of hydrogen-bond donors (Lipinski definition) is 2. The van der Waals surface area contributed by atoms with Gasteiger partial charge in [0.05, 0.1) is 11.0 Å². The molecule has 1 aliphatic rings. The Morgan fingerprint density at radius 3 is 2.89 bits per heavy atom. The maximum atomic E-state index is 12.0. The molecule has 1 aromatic carbocycles. The summed E-state index contributed by atoms with van der Waals surface area (Å²) < 4.78 is 2.03. The van der Waals surface area contributed by atoms with E-state index in [1.54, 1.807) is 0 Å². The van der Waals surface area contributed by atoms with E-state index >= 15 is 0 Å². The van der Waals surface area contributed by atoms with Gasteiger partial charge in [0.2, 0.25) is 5.91 Å². The normalized spacial score (nSPS) is 22.3. The summed E-state index contributed by atoms with van der Waals surface area (Å²) in [4.78, 5) is 16.4. The van der Waals surface area contributed by atoms with Crippen LogP contribution in [0.1, 0.15) is 18.7 Å². The van der Waals surface area contributed by atoms with Crippen LogP contribution in [0.3, 0.4) is 0 Å². The van der Waals surface area contributed by atoms with Gasteiger partial charge in [0.15, 0.2) is 0 Å². The van der Waals surface area contributed by atoms with Crippen LogP contribution in [0.2, 0.25) is 0 Å². The van der Waals surface area contributed by atoms with E-state index in [-0.39, 0.29) is 17.9 Å². The highest BCUT2D eigenvalue weighted by Gasteiger charge is 2.31. The number of benzene rings is 1. The lowest BCUT2D eigenvalue weighted by Gasteiger charge is -2.31. The average Bonchev–Trinajstić information content (AvgIpc) is 2.61. The molecule has 0 atom stereocenters. The highest BCUT2D eigenvalue weighted by molar-refractivity contribution is 5.95. The largest absolute Gasteiger partial charge is 0.331 e. The first-order valence-electron chi connectivity index (χ1n) is 6.54. The molecule has 1 saturated carbocycles. The van der Waals surface area contributed by atoms with E-state index in [2.05, 4.69) is 10.3 Å². The lowest BCUT2D eigenvalue weighted by Crippen LogP contribution is -2.42. The SMILES string of the molecule is Cc1nc2cc(NC(=O)C3CC(N)C3)ccc2n1C. The van der Waals surface area contributed by atoms with Gasteiger partial charge in [0.1, 0.15) is 5.82 Å². The molecule has 0 radical (unpaired) electrons. The van der Waals surface area contributed by atoms with Crippen LogP contribution in [0.25, 0.3) is 11.0 Å². The minimum absolute atomic E-state index is 0.0636. The molecular weight excluding hydrogens is 240 g/mol. The summed E-state index contributed by atoms with van der Waals surface area (Å²) in [5.41, 5.74) is 8.48. The van der Waals surface area contributed by atoms with E-state index in [9.17, 15) is 4.79 Å². The van der Waals surface area contributed by atoms with Crippen molar-refractivity contribution in [3.63, 3.8) is 0 Å². The zero-order chi connectivity index (χ0) is 13.6. The van der Waals surface area contributed by atoms with Crippen LogP contribution in [0.15, 0.2) is 18.2 Å². The van der Waals surface area contributed by atoms with Gasteiger partial charge in [-0.3, -0.25) is 4.79 Å². The van der Waals surface area contributed by atoms with Crippen molar-refractivity contribution in [3.05, 3.63) is 24.0 Å². The molecule has 0 unspecified atom stereocenters. The zero-order valence-electron chi connectivity index (χ0n) is 11.2. The number of nitrogens with two attached hydrogens (primary N) is 1. The summed E-state index contributed by atoms with van der Waals surface area (Å²) in [5, 5.41) is 2.94. The van der Waals surface area contributed by atoms with Crippen molar-refractivity contribution >= 4 is 22.6 Å². The van der Waals surface area contributed by atoms with Gasteiger partial charge in [-0.15, -0.1) is 0 Å². The average molecular weight is 258 g/mol. The predicted molar refractivity (Wildman–Crippen MR) is 74.8 cm³/mol. The number of carbonyl (C=O) groups excluding carboxylic acids is 1. The number of hydrogen-bond acceptors (Lipinski definition) is 3. The van der Waals surface area contributed by atoms with Crippen molar-refractivity contribution in [2.45, 2.75) is 25.8 Å². The van der Waals surface area contributed by atoms with Crippen molar-refractivity contribution in [2.75, 3.05) is 5.32 Å². The summed E-state index contributed by atoms with van der Waals surface area (Å²) in [6.07, 6.45) is 1.58. The second-order valence-corrected chi connectivity index (χ2v) is 5.34. The molecule has 1 amide bonds. The summed E-state index contributed by atoms with van der Waals surface area (Å²) >= 11 is 0. The van der Waals surface area contributed by atoms with Gasteiger partial charge in [-0.25, -0.2) is 4.98 Å². The van der Waals surface area contributed by atoms with E-state index in [0.29, 0.717) is 0 Å². The van der Waals surface area contributed by atoms with Gasteiger partial charge < -0.3 is 15.6 Å². The molecule has 1 aromatic heterocycles. The smallest absolute Gasteiger partial charge is 0.227 e. The standard InChI is InChI=1S/C14H18N4O/c1-8-16-12-7-11(3-4-13(12)18(8)2)17-14(19)9-5-10(15)6-9/h3-4,7,9-10H,5-6,15H2,1-2H3,(H,17,19). The Morgan fingerprint density at radius 2 is 2.21 bits per heavy atom. The number of carbonyl (C=O) groups is 1. The van der Waals surface area contributed by atoms with Gasteiger partial charge in [-0.2, -0.15) is 0 Å². The van der Waals surface area contributed by atoms with Crippen LogP contribution in [0, 0.1) is 12.8 Å². The van der Waals surface area contributed by atoms with Gasteiger partial charge in [-0.05, 0) is 38.0 Å². The maximum Gasteiger partial charge on any atom is 0.227 e. The van der Waals surface area contributed by atoms with Gasteiger partial charge in [0, 0.05) is 24.7 Å². The molecule has 100 valence electrons. The molecular formula is C14H18N4O. The Hall–Kier alpha value is -1.88. The van der Waals surface area contributed by atoms with Crippen LogP contribution >= 0.6 is 0 Å². The number of nitrogens with one attached hydrogen (secondary N) is 1. The predicted octanol–water partition coefficient (Wildman–Crippen LogP) is 1.56. The molecule has 1 fully saturated rings. The van der Waals surface area contributed by atoms with E-state index in [4.69, 9.17) is 5.73 Å². The van der Waals surface area contributed by atoms with Crippen molar-refractivity contribution in [1.29, 1.82) is 0 Å². The van der Waals surface area contributed by atoms with E-state index in [0.717, 1.165) is 35.4 Å². The van der Waals surface area contributed by atoms with Crippen LogP contribution < -0.4 is 11.1 Å². The Balaban J connectivity index is 1.80. The zero-order valence-corrected chi connectivity index (χ0v) is 11.2. The number of aromatic nitrogens is 2. The Labute approximate surface area is 111 Å². The first kappa shape index (κ1) is 12.2. The van der Waals surface area contributed by atoms with Crippen LogP contribution in [0.5, 0.6) is 0 Å². The van der Waals surface area contributed by atoms with E-state index in [1.165, 1.54) is 0 Å². The third-order valence-electron chi connectivity index (χ3n) is 3.92. The molecule has 0 bridgehead atoms. The topological polar surface area (TPSA) is 72.9 Å². The molecule has 0 aliphatic heterocycles. The Kier molecular flexibility index (Phi) is 2.78. The van der Waals surface area contributed by atoms with Crippen molar-refractivity contribution < 1.29 is 4.79 Å². The monoisotopic (exact) mass is 258 g/mol. The van der Waals surface area contributed by atoms with Crippen LogP contribution in [-0.2, 0) is 11.8 Å². The van der Waals surface area contributed by atoms with Gasteiger partial charge >= 0.3 is 0 Å². The quantitative estimate of drug-likeness (QED) is 0.858. The van der Waals surface area contributed by atoms with Gasteiger partial charge in [0.25, 0.3) is 0 Å². The van der Waals surface area contributed by atoms with Crippen LogP contribution in [0.4, 0.5) is 5.69 Å². The molecule has 1 heterocycles. The minimum atomic E-state index is 0.0636. The summed E-state index contributed by atoms with van der Waals surface area (Å²) in [7, 11) is 1.98. The van der Waals surface area contributed by atoms with E-state index < -0.39 is 0 Å². The maximum absolute atomic E-state index is 12.0. The second-order valence-electron chi connectivity index (χ2n) is 5.34. The number of nitrogens with zero attached hydrogens (tertiary/aromatic N) is 2. The first-order valence-corrected chi connectivity index (χ1v) is 6.54. The fourth-order valence-electron chi connectivity index (χ4n) is 2.52. The number of fused-ring (bicyclic) bond motifs is 1. The molecule has 1 aliphatic carbocycles. The molecule has 0 spiro atoms. The molecule has 5 nitrogen and oxygen atoms in total. The number of amides is 1. The number of rotatable bonds is 2. The Bertz CT molecular complexity index is 640. The first-order chi connectivity index (χ1) is 9.04. The van der Waals surface area contributed by atoms with Crippen molar-refractivity contribution in [3.8, 4) is 0 Å². The van der Waals surface area contributed by atoms with E-state index in [1.807, 2.05) is 36.7 Å². The molecule has 5 heteroatoms. The van der Waals surface area contributed by atoms with Crippen molar-refractivity contribution in [2.24, 2.45) is 18.7 Å². The fourth-order valence-corrected chi connectivity index (χ4v) is 2.52. The lowest BCUT2D eigenvalue weighted by atomic mass is 9.80. The summed E-state index contributed by atoms with van der Waals surface area (Å²) in [5.74, 6) is 1.09. The highest BCUT2D eigenvalue weighted by Crippen LogP contribution is 2.27. The Morgan fingerprint density at radius 1 is 1.47 bits per heavy atom.